The fourth-order valence-electron chi connectivity index (χ4n) is 1.41. The normalized spacial score (nSPS) is 11.1. The first-order valence-corrected chi connectivity index (χ1v) is 6.51. The highest BCUT2D eigenvalue weighted by atomic mass is 79.9. The molecule has 0 aliphatic heterocycles. The molecule has 0 spiro atoms. The zero-order valence-corrected chi connectivity index (χ0v) is 12.5. The highest BCUT2D eigenvalue weighted by Gasteiger charge is 2.14. The van der Waals surface area contributed by atoms with E-state index in [0.717, 1.165) is 0 Å². The number of hydrogen-bond acceptors (Lipinski definition) is 4. The van der Waals surface area contributed by atoms with E-state index in [9.17, 15) is 14.9 Å². The lowest BCUT2D eigenvalue weighted by atomic mass is 10.1. The van der Waals surface area contributed by atoms with Crippen LogP contribution in [0.5, 0.6) is 0 Å². The predicted octanol–water partition coefficient (Wildman–Crippen LogP) is 2.79. The summed E-state index contributed by atoms with van der Waals surface area (Å²) in [6, 6.07) is 6.06. The third kappa shape index (κ3) is 4.17. The van der Waals surface area contributed by atoms with Crippen molar-refractivity contribution < 1.29 is 9.72 Å². The molecule has 6 nitrogen and oxygen atoms in total. The SMILES string of the molecule is CC(C)NC(=O)/C(C#N)=C/c1ccc(Br)c([N+](=O)[O-])c1. The van der Waals surface area contributed by atoms with E-state index in [1.54, 1.807) is 26.0 Å². The van der Waals surface area contributed by atoms with Gasteiger partial charge in [0.05, 0.1) is 9.40 Å². The highest BCUT2D eigenvalue weighted by Crippen LogP contribution is 2.26. The average molecular weight is 338 g/mol. The maximum absolute atomic E-state index is 11.7. The van der Waals surface area contributed by atoms with Gasteiger partial charge in [0.15, 0.2) is 0 Å². The molecule has 0 atom stereocenters. The van der Waals surface area contributed by atoms with Crippen LogP contribution < -0.4 is 5.32 Å². The molecule has 0 aliphatic rings. The summed E-state index contributed by atoms with van der Waals surface area (Å²) in [5, 5.41) is 22.4. The van der Waals surface area contributed by atoms with Crippen LogP contribution in [-0.4, -0.2) is 16.9 Å². The quantitative estimate of drug-likeness (QED) is 0.395. The molecule has 0 saturated carbocycles. The number of carbonyl (C=O) groups excluding carboxylic acids is 1. The first-order valence-electron chi connectivity index (χ1n) is 5.71. The van der Waals surface area contributed by atoms with Crippen LogP contribution in [-0.2, 0) is 4.79 Å². The highest BCUT2D eigenvalue weighted by molar-refractivity contribution is 9.10. The van der Waals surface area contributed by atoms with Gasteiger partial charge in [-0.2, -0.15) is 5.26 Å². The van der Waals surface area contributed by atoms with Gasteiger partial charge in [-0.3, -0.25) is 14.9 Å². The van der Waals surface area contributed by atoms with Gasteiger partial charge in [0, 0.05) is 12.1 Å². The van der Waals surface area contributed by atoms with Gasteiger partial charge in [-0.15, -0.1) is 0 Å². The van der Waals surface area contributed by atoms with E-state index >= 15 is 0 Å². The molecule has 1 aromatic rings. The Morgan fingerprint density at radius 2 is 2.20 bits per heavy atom. The van der Waals surface area contributed by atoms with Crippen molar-refractivity contribution in [3.8, 4) is 6.07 Å². The summed E-state index contributed by atoms with van der Waals surface area (Å²) in [6.07, 6.45) is 1.32. The molecule has 1 N–H and O–H groups in total. The smallest absolute Gasteiger partial charge is 0.284 e. The number of carbonyl (C=O) groups is 1. The summed E-state index contributed by atoms with van der Waals surface area (Å²) < 4.78 is 0.338. The number of rotatable bonds is 4. The van der Waals surface area contributed by atoms with Gasteiger partial charge in [0.2, 0.25) is 0 Å². The van der Waals surface area contributed by atoms with Crippen LogP contribution in [0.3, 0.4) is 0 Å². The maximum atomic E-state index is 11.7. The monoisotopic (exact) mass is 337 g/mol. The number of hydrogen-bond donors (Lipinski definition) is 1. The van der Waals surface area contributed by atoms with E-state index in [-0.39, 0.29) is 17.3 Å². The van der Waals surface area contributed by atoms with Crippen molar-refractivity contribution in [3.05, 3.63) is 43.9 Å². The zero-order chi connectivity index (χ0) is 15.3. The molecule has 1 amide bonds. The Labute approximate surface area is 124 Å². The molecular formula is C13H12BrN3O3. The van der Waals surface area contributed by atoms with Crippen molar-refractivity contribution in [1.29, 1.82) is 5.26 Å². The Morgan fingerprint density at radius 3 is 2.70 bits per heavy atom. The molecule has 1 rings (SSSR count). The molecule has 104 valence electrons. The Hall–Kier alpha value is -2.20. The molecule has 7 heteroatoms. The van der Waals surface area contributed by atoms with E-state index in [1.165, 1.54) is 18.2 Å². The lowest BCUT2D eigenvalue weighted by Gasteiger charge is -2.07. The molecule has 20 heavy (non-hydrogen) atoms. The predicted molar refractivity (Wildman–Crippen MR) is 77.7 cm³/mol. The summed E-state index contributed by atoms with van der Waals surface area (Å²) >= 11 is 3.07. The van der Waals surface area contributed by atoms with Crippen LogP contribution in [0.25, 0.3) is 6.08 Å². The molecular weight excluding hydrogens is 326 g/mol. The van der Waals surface area contributed by atoms with Crippen molar-refractivity contribution in [2.24, 2.45) is 0 Å². The van der Waals surface area contributed by atoms with Crippen LogP contribution in [0.15, 0.2) is 28.2 Å². The second-order valence-corrected chi connectivity index (χ2v) is 5.12. The fourth-order valence-corrected chi connectivity index (χ4v) is 1.81. The lowest BCUT2D eigenvalue weighted by Crippen LogP contribution is -2.30. The molecule has 0 aliphatic carbocycles. The van der Waals surface area contributed by atoms with Gasteiger partial charge < -0.3 is 5.32 Å². The lowest BCUT2D eigenvalue weighted by molar-refractivity contribution is -0.385. The van der Waals surface area contributed by atoms with Crippen LogP contribution in [0.4, 0.5) is 5.69 Å². The van der Waals surface area contributed by atoms with E-state index in [4.69, 9.17) is 5.26 Å². The van der Waals surface area contributed by atoms with Gasteiger partial charge in [0.25, 0.3) is 11.6 Å². The van der Waals surface area contributed by atoms with Gasteiger partial charge in [0.1, 0.15) is 11.6 Å². The number of nitro groups is 1. The van der Waals surface area contributed by atoms with Crippen molar-refractivity contribution in [2.75, 3.05) is 0 Å². The van der Waals surface area contributed by atoms with Gasteiger partial charge in [-0.25, -0.2) is 0 Å². The van der Waals surface area contributed by atoms with Gasteiger partial charge >= 0.3 is 0 Å². The van der Waals surface area contributed by atoms with Crippen LogP contribution in [0.2, 0.25) is 0 Å². The fraction of sp³-hybridized carbons (Fsp3) is 0.231. The van der Waals surface area contributed by atoms with Crippen molar-refractivity contribution in [1.82, 2.24) is 5.32 Å². The summed E-state index contributed by atoms with van der Waals surface area (Å²) in [5.74, 6) is -0.506. The van der Waals surface area contributed by atoms with Crippen molar-refractivity contribution in [2.45, 2.75) is 19.9 Å². The molecule has 0 unspecified atom stereocenters. The number of nitrogens with zero attached hydrogens (tertiary/aromatic N) is 2. The van der Waals surface area contributed by atoms with Crippen molar-refractivity contribution in [3.63, 3.8) is 0 Å². The third-order valence-corrected chi connectivity index (χ3v) is 2.93. The summed E-state index contributed by atoms with van der Waals surface area (Å²) in [5.41, 5.74) is 0.186. The van der Waals surface area contributed by atoms with Crippen LogP contribution >= 0.6 is 15.9 Å². The summed E-state index contributed by atoms with van der Waals surface area (Å²) in [6.45, 7) is 3.55. The second kappa shape index (κ2) is 6.82. The van der Waals surface area contributed by atoms with E-state index in [0.29, 0.717) is 10.0 Å². The second-order valence-electron chi connectivity index (χ2n) is 4.27. The Morgan fingerprint density at radius 1 is 1.55 bits per heavy atom. The summed E-state index contributed by atoms with van der Waals surface area (Å²) in [4.78, 5) is 22.0. The molecule has 0 aromatic heterocycles. The first kappa shape index (κ1) is 15.9. The zero-order valence-electron chi connectivity index (χ0n) is 10.9. The minimum absolute atomic E-state index is 0.0986. The largest absolute Gasteiger partial charge is 0.349 e. The molecule has 0 heterocycles. The van der Waals surface area contributed by atoms with E-state index < -0.39 is 10.8 Å². The first-order chi connectivity index (χ1) is 9.35. The average Bonchev–Trinajstić information content (AvgIpc) is 2.36. The van der Waals surface area contributed by atoms with Crippen molar-refractivity contribution >= 4 is 33.6 Å². The van der Waals surface area contributed by atoms with Crippen LogP contribution in [0.1, 0.15) is 19.4 Å². The Bertz CT molecular complexity index is 618. The Balaban J connectivity index is 3.14. The molecule has 0 saturated heterocycles. The topological polar surface area (TPSA) is 96.0 Å². The van der Waals surface area contributed by atoms with E-state index in [1.807, 2.05) is 0 Å². The number of nitrogens with one attached hydrogen (secondary N) is 1. The number of halogens is 1. The Kier molecular flexibility index (Phi) is 5.41. The van der Waals surface area contributed by atoms with Gasteiger partial charge in [-0.05, 0) is 47.5 Å². The summed E-state index contributed by atoms with van der Waals surface area (Å²) in [7, 11) is 0. The maximum Gasteiger partial charge on any atom is 0.284 e. The van der Waals surface area contributed by atoms with Gasteiger partial charge in [-0.1, -0.05) is 6.07 Å². The van der Waals surface area contributed by atoms with E-state index in [2.05, 4.69) is 21.2 Å². The molecule has 0 fully saturated rings. The number of nitriles is 1. The standard InChI is InChI=1S/C13H12BrN3O3/c1-8(2)16-13(18)10(7-15)5-9-3-4-11(14)12(6-9)17(19)20/h3-6,8H,1-2H3,(H,16,18)/b10-5+. The number of nitro benzene ring substituents is 1. The molecule has 1 aromatic carbocycles. The minimum atomic E-state index is -0.540. The number of benzene rings is 1. The molecule has 0 radical (unpaired) electrons. The third-order valence-electron chi connectivity index (χ3n) is 2.26. The van der Waals surface area contributed by atoms with Crippen LogP contribution in [0, 0.1) is 21.4 Å². The molecule has 0 bridgehead atoms. The number of amides is 1. The minimum Gasteiger partial charge on any atom is -0.349 e.